The zero-order valence-corrected chi connectivity index (χ0v) is 17.5. The van der Waals surface area contributed by atoms with E-state index >= 15 is 0 Å². The number of esters is 1. The van der Waals surface area contributed by atoms with Gasteiger partial charge in [-0.25, -0.2) is 4.79 Å². The van der Waals surface area contributed by atoms with Crippen molar-refractivity contribution in [3.63, 3.8) is 0 Å². The highest BCUT2D eigenvalue weighted by atomic mass is 16.5. The van der Waals surface area contributed by atoms with Gasteiger partial charge >= 0.3 is 5.97 Å². The Balaban J connectivity index is 1.62. The van der Waals surface area contributed by atoms with Gasteiger partial charge in [0.2, 0.25) is 11.8 Å². The minimum Gasteiger partial charge on any atom is -0.467 e. The molecule has 2 saturated heterocycles. The van der Waals surface area contributed by atoms with Crippen molar-refractivity contribution in [1.29, 1.82) is 0 Å². The SMILES string of the molecule is COC(=O)C(CC(C)C)NC(=O)C1CC(=O)N(c2ccc(N3CCCC3)cc2)C1. The number of hydrogen-bond donors (Lipinski definition) is 1. The van der Waals surface area contributed by atoms with E-state index in [4.69, 9.17) is 4.74 Å². The third-order valence-corrected chi connectivity index (χ3v) is 5.64. The van der Waals surface area contributed by atoms with Crippen LogP contribution in [0.1, 0.15) is 39.5 Å². The quantitative estimate of drug-likeness (QED) is 0.710. The second-order valence-corrected chi connectivity index (χ2v) is 8.33. The maximum Gasteiger partial charge on any atom is 0.328 e. The molecule has 2 heterocycles. The van der Waals surface area contributed by atoms with Crippen LogP contribution in [-0.2, 0) is 19.1 Å². The van der Waals surface area contributed by atoms with Gasteiger partial charge in [0, 0.05) is 37.4 Å². The molecule has 29 heavy (non-hydrogen) atoms. The van der Waals surface area contributed by atoms with Gasteiger partial charge in [-0.3, -0.25) is 9.59 Å². The molecule has 158 valence electrons. The second kappa shape index (κ2) is 9.29. The molecule has 0 saturated carbocycles. The number of nitrogens with one attached hydrogen (secondary N) is 1. The summed E-state index contributed by atoms with van der Waals surface area (Å²) in [5.41, 5.74) is 1.97. The summed E-state index contributed by atoms with van der Waals surface area (Å²) in [6.45, 7) is 6.43. The van der Waals surface area contributed by atoms with E-state index in [-0.39, 0.29) is 24.2 Å². The average molecular weight is 402 g/mol. The third-order valence-electron chi connectivity index (χ3n) is 5.64. The summed E-state index contributed by atoms with van der Waals surface area (Å²) in [7, 11) is 1.31. The number of carbonyl (C=O) groups is 3. The zero-order chi connectivity index (χ0) is 21.0. The van der Waals surface area contributed by atoms with E-state index in [2.05, 4.69) is 10.2 Å². The van der Waals surface area contributed by atoms with E-state index < -0.39 is 17.9 Å². The maximum atomic E-state index is 12.7. The van der Waals surface area contributed by atoms with Crippen LogP contribution < -0.4 is 15.1 Å². The van der Waals surface area contributed by atoms with Gasteiger partial charge in [0.1, 0.15) is 6.04 Å². The summed E-state index contributed by atoms with van der Waals surface area (Å²) in [5, 5.41) is 2.78. The largest absolute Gasteiger partial charge is 0.467 e. The minimum atomic E-state index is -0.684. The molecule has 0 spiro atoms. The lowest BCUT2D eigenvalue weighted by Crippen LogP contribution is -2.45. The monoisotopic (exact) mass is 401 g/mol. The number of anilines is 2. The highest BCUT2D eigenvalue weighted by Crippen LogP contribution is 2.28. The molecule has 1 aromatic rings. The number of ether oxygens (including phenoxy) is 1. The Bertz CT molecular complexity index is 741. The van der Waals surface area contributed by atoms with Crippen LogP contribution in [0.25, 0.3) is 0 Å². The molecule has 0 radical (unpaired) electrons. The van der Waals surface area contributed by atoms with Crippen molar-refractivity contribution in [1.82, 2.24) is 5.32 Å². The number of benzene rings is 1. The first-order valence-corrected chi connectivity index (χ1v) is 10.4. The van der Waals surface area contributed by atoms with Crippen LogP contribution in [-0.4, -0.2) is 50.6 Å². The zero-order valence-electron chi connectivity index (χ0n) is 17.5. The molecule has 2 aliphatic rings. The topological polar surface area (TPSA) is 78.9 Å². The molecule has 2 aliphatic heterocycles. The van der Waals surface area contributed by atoms with Gasteiger partial charge in [-0.15, -0.1) is 0 Å². The first kappa shape index (κ1) is 21.1. The van der Waals surface area contributed by atoms with Crippen LogP contribution in [0.2, 0.25) is 0 Å². The number of methoxy groups -OCH3 is 1. The molecule has 0 aliphatic carbocycles. The molecule has 3 rings (SSSR count). The van der Waals surface area contributed by atoms with Gasteiger partial charge in [0.15, 0.2) is 0 Å². The molecular weight excluding hydrogens is 370 g/mol. The maximum absolute atomic E-state index is 12.7. The molecule has 2 fully saturated rings. The van der Waals surface area contributed by atoms with Crippen LogP contribution >= 0.6 is 0 Å². The Labute approximate surface area is 172 Å². The Kier molecular flexibility index (Phi) is 6.77. The van der Waals surface area contributed by atoms with Crippen molar-refractivity contribution in [3.05, 3.63) is 24.3 Å². The van der Waals surface area contributed by atoms with Crippen molar-refractivity contribution in [2.75, 3.05) is 36.5 Å². The van der Waals surface area contributed by atoms with Crippen molar-refractivity contribution in [3.8, 4) is 0 Å². The van der Waals surface area contributed by atoms with Crippen molar-refractivity contribution in [2.45, 2.75) is 45.6 Å². The molecule has 7 nitrogen and oxygen atoms in total. The van der Waals surface area contributed by atoms with Gasteiger partial charge in [-0.05, 0) is 49.4 Å². The van der Waals surface area contributed by atoms with E-state index in [0.717, 1.165) is 18.8 Å². The lowest BCUT2D eigenvalue weighted by Gasteiger charge is -2.22. The molecule has 0 bridgehead atoms. The molecule has 1 aromatic carbocycles. The molecule has 2 unspecified atom stereocenters. The number of hydrogen-bond acceptors (Lipinski definition) is 5. The van der Waals surface area contributed by atoms with E-state index in [1.54, 1.807) is 4.90 Å². The summed E-state index contributed by atoms with van der Waals surface area (Å²) in [5.74, 6) is -1.04. The second-order valence-electron chi connectivity index (χ2n) is 8.33. The fraction of sp³-hybridized carbons (Fsp3) is 0.591. The Morgan fingerprint density at radius 2 is 1.76 bits per heavy atom. The summed E-state index contributed by atoms with van der Waals surface area (Å²) >= 11 is 0. The van der Waals surface area contributed by atoms with E-state index in [1.807, 2.05) is 38.1 Å². The highest BCUT2D eigenvalue weighted by molar-refractivity contribution is 6.01. The van der Waals surface area contributed by atoms with Crippen LogP contribution in [0.4, 0.5) is 11.4 Å². The molecule has 2 amide bonds. The third kappa shape index (κ3) is 5.08. The van der Waals surface area contributed by atoms with E-state index in [0.29, 0.717) is 13.0 Å². The molecule has 2 atom stereocenters. The van der Waals surface area contributed by atoms with E-state index in [1.165, 1.54) is 25.6 Å². The van der Waals surface area contributed by atoms with Gasteiger partial charge < -0.3 is 19.9 Å². The van der Waals surface area contributed by atoms with Crippen molar-refractivity contribution >= 4 is 29.2 Å². The Hall–Kier alpha value is -2.57. The normalized spacial score (nSPS) is 20.3. The molecule has 0 aromatic heterocycles. The van der Waals surface area contributed by atoms with Crippen LogP contribution in [0.15, 0.2) is 24.3 Å². The Morgan fingerprint density at radius 1 is 1.14 bits per heavy atom. The molecular formula is C22H31N3O4. The van der Waals surface area contributed by atoms with Crippen LogP contribution in [0.3, 0.4) is 0 Å². The average Bonchev–Trinajstić information content (AvgIpc) is 3.36. The highest BCUT2D eigenvalue weighted by Gasteiger charge is 2.37. The predicted octanol–water partition coefficient (Wildman–Crippen LogP) is 2.34. The smallest absolute Gasteiger partial charge is 0.328 e. The lowest BCUT2D eigenvalue weighted by atomic mass is 10.0. The molecule has 1 N–H and O–H groups in total. The van der Waals surface area contributed by atoms with Gasteiger partial charge in [0.05, 0.1) is 13.0 Å². The van der Waals surface area contributed by atoms with Gasteiger partial charge in [-0.2, -0.15) is 0 Å². The standard InChI is InChI=1S/C22H31N3O4/c1-15(2)12-19(22(28)29-3)23-21(27)16-13-20(26)25(14-16)18-8-6-17(7-9-18)24-10-4-5-11-24/h6-9,15-16,19H,4-5,10-14H2,1-3H3,(H,23,27). The number of nitrogens with zero attached hydrogens (tertiary/aromatic N) is 2. The van der Waals surface area contributed by atoms with Crippen molar-refractivity contribution < 1.29 is 19.1 Å². The summed E-state index contributed by atoms with van der Waals surface area (Å²) in [6.07, 6.45) is 3.08. The van der Waals surface area contributed by atoms with Gasteiger partial charge in [0.25, 0.3) is 0 Å². The first-order valence-electron chi connectivity index (χ1n) is 10.4. The number of carbonyl (C=O) groups excluding carboxylic acids is 3. The summed E-state index contributed by atoms with van der Waals surface area (Å²) in [4.78, 5) is 41.2. The fourth-order valence-corrected chi connectivity index (χ4v) is 4.07. The minimum absolute atomic E-state index is 0.0717. The van der Waals surface area contributed by atoms with E-state index in [9.17, 15) is 14.4 Å². The predicted molar refractivity (Wildman–Crippen MR) is 112 cm³/mol. The Morgan fingerprint density at radius 3 is 2.34 bits per heavy atom. The molecule has 7 heteroatoms. The lowest BCUT2D eigenvalue weighted by molar-refractivity contribution is -0.146. The number of amides is 2. The van der Waals surface area contributed by atoms with Crippen molar-refractivity contribution in [2.24, 2.45) is 11.8 Å². The number of rotatable bonds is 7. The first-order chi connectivity index (χ1) is 13.9. The van der Waals surface area contributed by atoms with Crippen LogP contribution in [0, 0.1) is 11.8 Å². The summed E-state index contributed by atoms with van der Waals surface area (Å²) in [6, 6.07) is 7.29. The summed E-state index contributed by atoms with van der Waals surface area (Å²) < 4.78 is 4.81. The van der Waals surface area contributed by atoms with Gasteiger partial charge in [-0.1, -0.05) is 13.8 Å². The van der Waals surface area contributed by atoms with Crippen LogP contribution in [0.5, 0.6) is 0 Å². The fourth-order valence-electron chi connectivity index (χ4n) is 4.07.